The quantitative estimate of drug-likeness (QED) is 0.613. The highest BCUT2D eigenvalue weighted by molar-refractivity contribution is 6.07. The first-order chi connectivity index (χ1) is 12.6. The van der Waals surface area contributed by atoms with E-state index in [1.165, 1.54) is 12.7 Å². The topological polar surface area (TPSA) is 83.2 Å². The molecule has 3 aromatic rings. The highest BCUT2D eigenvalue weighted by Crippen LogP contribution is 2.35. The van der Waals surface area contributed by atoms with E-state index in [1.807, 2.05) is 36.4 Å². The minimum absolute atomic E-state index is 0.189. The number of hydrogen-bond acceptors (Lipinski definition) is 3. The maximum Gasteiger partial charge on any atom is 0.325 e. The van der Waals surface area contributed by atoms with Gasteiger partial charge in [-0.25, -0.2) is 4.79 Å². The molecule has 0 bridgehead atoms. The minimum Gasteiger partial charge on any atom is -0.468 e. The summed E-state index contributed by atoms with van der Waals surface area (Å²) >= 11 is 0. The van der Waals surface area contributed by atoms with Crippen LogP contribution in [0.25, 0.3) is 22.2 Å². The molecular formula is C20H21N3O3. The van der Waals surface area contributed by atoms with E-state index in [4.69, 9.17) is 0 Å². The number of amides is 2. The fraction of sp³-hybridized carbons (Fsp3) is 0.200. The number of anilines is 1. The van der Waals surface area contributed by atoms with Gasteiger partial charge in [0, 0.05) is 16.5 Å². The molecule has 0 saturated carbocycles. The van der Waals surface area contributed by atoms with Gasteiger partial charge in [0.15, 0.2) is 0 Å². The number of esters is 1. The molecule has 0 fully saturated rings. The number of H-pyrrole nitrogens is 1. The average molecular weight is 351 g/mol. The van der Waals surface area contributed by atoms with Crippen LogP contribution in [0.4, 0.5) is 10.5 Å². The molecule has 26 heavy (non-hydrogen) atoms. The fourth-order valence-electron chi connectivity index (χ4n) is 2.78. The zero-order valence-electron chi connectivity index (χ0n) is 14.8. The van der Waals surface area contributed by atoms with E-state index in [1.54, 1.807) is 0 Å². The zero-order chi connectivity index (χ0) is 18.5. The van der Waals surface area contributed by atoms with Crippen molar-refractivity contribution < 1.29 is 14.3 Å². The molecule has 0 saturated heterocycles. The number of benzene rings is 2. The lowest BCUT2D eigenvalue weighted by atomic mass is 10.1. The zero-order valence-corrected chi connectivity index (χ0v) is 14.8. The van der Waals surface area contributed by atoms with Crippen LogP contribution in [0.2, 0.25) is 0 Å². The van der Waals surface area contributed by atoms with Crippen molar-refractivity contribution in [3.8, 4) is 11.3 Å². The second-order valence-corrected chi connectivity index (χ2v) is 5.85. The summed E-state index contributed by atoms with van der Waals surface area (Å²) in [5.74, 6) is -0.505. The van der Waals surface area contributed by atoms with Crippen LogP contribution in [0, 0.1) is 0 Å². The molecule has 0 atom stereocenters. The summed E-state index contributed by atoms with van der Waals surface area (Å²) in [5, 5.41) is 6.24. The molecule has 134 valence electrons. The van der Waals surface area contributed by atoms with Gasteiger partial charge in [0.1, 0.15) is 6.54 Å². The number of carbonyl (C=O) groups excluding carboxylic acids is 2. The summed E-state index contributed by atoms with van der Waals surface area (Å²) in [6.07, 6.45) is 0.966. The standard InChI is InChI=1S/C20H21N3O3/c1-3-13-8-10-14(11-9-13)18-19(15-6-4-5-7-16(15)22-18)23-20(25)21-12-17(24)26-2/h4-11,22H,3,12H2,1-2H3,(H2,21,23,25). The molecule has 1 aromatic heterocycles. The minimum atomic E-state index is -0.505. The predicted molar refractivity (Wildman–Crippen MR) is 102 cm³/mol. The van der Waals surface area contributed by atoms with Crippen molar-refractivity contribution in [2.45, 2.75) is 13.3 Å². The Morgan fingerprint density at radius 2 is 1.81 bits per heavy atom. The van der Waals surface area contributed by atoms with Crippen LogP contribution in [0.1, 0.15) is 12.5 Å². The molecule has 0 aliphatic rings. The largest absolute Gasteiger partial charge is 0.468 e. The third-order valence-corrected chi connectivity index (χ3v) is 4.22. The Morgan fingerprint density at radius 1 is 1.08 bits per heavy atom. The number of ether oxygens (including phenoxy) is 1. The molecule has 0 unspecified atom stereocenters. The SMILES string of the molecule is CCc1ccc(-c2[nH]c3ccccc3c2NC(=O)NCC(=O)OC)cc1. The molecule has 0 aliphatic heterocycles. The van der Waals surface area contributed by atoms with E-state index in [2.05, 4.69) is 39.4 Å². The number of hydrogen-bond donors (Lipinski definition) is 3. The van der Waals surface area contributed by atoms with E-state index in [9.17, 15) is 9.59 Å². The molecule has 0 aliphatic carbocycles. The van der Waals surface area contributed by atoms with E-state index in [0.717, 1.165) is 28.6 Å². The highest BCUT2D eigenvalue weighted by Gasteiger charge is 2.16. The summed E-state index contributed by atoms with van der Waals surface area (Å²) in [5.41, 5.74) is 4.64. The first kappa shape index (κ1) is 17.5. The Bertz CT molecular complexity index is 929. The van der Waals surface area contributed by atoms with Crippen LogP contribution in [0.5, 0.6) is 0 Å². The van der Waals surface area contributed by atoms with Crippen LogP contribution < -0.4 is 10.6 Å². The number of aryl methyl sites for hydroxylation is 1. The van der Waals surface area contributed by atoms with Crippen LogP contribution in [0.3, 0.4) is 0 Å². The van der Waals surface area contributed by atoms with Gasteiger partial charge < -0.3 is 20.4 Å². The maximum absolute atomic E-state index is 12.2. The van der Waals surface area contributed by atoms with Crippen LogP contribution in [-0.2, 0) is 16.0 Å². The Kier molecular flexibility index (Phi) is 5.22. The number of aromatic nitrogens is 1. The van der Waals surface area contributed by atoms with Gasteiger partial charge in [-0.3, -0.25) is 4.79 Å². The molecule has 2 amide bonds. The second-order valence-electron chi connectivity index (χ2n) is 5.85. The van der Waals surface area contributed by atoms with E-state index < -0.39 is 12.0 Å². The summed E-state index contributed by atoms with van der Waals surface area (Å²) in [6.45, 7) is 1.92. The van der Waals surface area contributed by atoms with Gasteiger partial charge in [0.25, 0.3) is 0 Å². The predicted octanol–water partition coefficient (Wildman–Crippen LogP) is 3.69. The Labute approximate surface area is 151 Å². The molecule has 1 heterocycles. The summed E-state index contributed by atoms with van der Waals surface area (Å²) < 4.78 is 4.53. The van der Waals surface area contributed by atoms with Gasteiger partial charge in [0.2, 0.25) is 0 Å². The van der Waals surface area contributed by atoms with Gasteiger partial charge in [-0.15, -0.1) is 0 Å². The molecule has 3 N–H and O–H groups in total. The lowest BCUT2D eigenvalue weighted by Crippen LogP contribution is -2.33. The Morgan fingerprint density at radius 3 is 2.50 bits per heavy atom. The van der Waals surface area contributed by atoms with Crippen molar-refractivity contribution in [3.63, 3.8) is 0 Å². The summed E-state index contributed by atoms with van der Waals surface area (Å²) in [6, 6.07) is 15.5. The van der Waals surface area contributed by atoms with Crippen molar-refractivity contribution in [2.24, 2.45) is 0 Å². The van der Waals surface area contributed by atoms with E-state index >= 15 is 0 Å². The van der Waals surface area contributed by atoms with Crippen LogP contribution in [-0.4, -0.2) is 30.6 Å². The Balaban J connectivity index is 1.94. The number of nitrogens with one attached hydrogen (secondary N) is 3. The number of para-hydroxylation sites is 1. The lowest BCUT2D eigenvalue weighted by molar-refractivity contribution is -0.139. The average Bonchev–Trinajstić information content (AvgIpc) is 3.04. The normalized spacial score (nSPS) is 10.5. The second kappa shape index (κ2) is 7.74. The molecule has 0 spiro atoms. The molecule has 0 radical (unpaired) electrons. The number of aromatic amines is 1. The summed E-state index contributed by atoms with van der Waals surface area (Å²) in [4.78, 5) is 26.8. The van der Waals surface area contributed by atoms with Crippen molar-refractivity contribution in [3.05, 3.63) is 54.1 Å². The van der Waals surface area contributed by atoms with Crippen molar-refractivity contribution in [1.82, 2.24) is 10.3 Å². The first-order valence-corrected chi connectivity index (χ1v) is 8.44. The third-order valence-electron chi connectivity index (χ3n) is 4.22. The monoisotopic (exact) mass is 351 g/mol. The van der Waals surface area contributed by atoms with Gasteiger partial charge in [-0.05, 0) is 18.1 Å². The number of urea groups is 1. The fourth-order valence-corrected chi connectivity index (χ4v) is 2.78. The maximum atomic E-state index is 12.2. The lowest BCUT2D eigenvalue weighted by Gasteiger charge is -2.09. The van der Waals surface area contributed by atoms with E-state index in [-0.39, 0.29) is 6.54 Å². The van der Waals surface area contributed by atoms with E-state index in [0.29, 0.717) is 5.69 Å². The summed E-state index contributed by atoms with van der Waals surface area (Å²) in [7, 11) is 1.28. The molecular weight excluding hydrogens is 330 g/mol. The van der Waals surface area contributed by atoms with Crippen LogP contribution >= 0.6 is 0 Å². The number of methoxy groups -OCH3 is 1. The van der Waals surface area contributed by atoms with Crippen molar-refractivity contribution >= 4 is 28.6 Å². The number of carbonyl (C=O) groups is 2. The van der Waals surface area contributed by atoms with Gasteiger partial charge in [-0.1, -0.05) is 49.4 Å². The molecule has 6 nitrogen and oxygen atoms in total. The van der Waals surface area contributed by atoms with Crippen LogP contribution in [0.15, 0.2) is 48.5 Å². The third kappa shape index (κ3) is 3.69. The number of fused-ring (bicyclic) bond motifs is 1. The van der Waals surface area contributed by atoms with Gasteiger partial charge in [-0.2, -0.15) is 0 Å². The Hall–Kier alpha value is -3.28. The molecule has 2 aromatic carbocycles. The number of rotatable bonds is 5. The molecule has 6 heteroatoms. The highest BCUT2D eigenvalue weighted by atomic mass is 16.5. The molecule has 3 rings (SSSR count). The van der Waals surface area contributed by atoms with Gasteiger partial charge in [0.05, 0.1) is 18.5 Å². The van der Waals surface area contributed by atoms with Crippen molar-refractivity contribution in [1.29, 1.82) is 0 Å². The van der Waals surface area contributed by atoms with Gasteiger partial charge >= 0.3 is 12.0 Å². The smallest absolute Gasteiger partial charge is 0.325 e. The van der Waals surface area contributed by atoms with Crippen molar-refractivity contribution in [2.75, 3.05) is 19.0 Å². The first-order valence-electron chi connectivity index (χ1n) is 8.44.